The quantitative estimate of drug-likeness (QED) is 0.528. The molecule has 0 bridgehead atoms. The standard InChI is InChI=1S/C13H18N2O4/c1-3-19-13(18)11(15-8(2)16)12(17)9-5-4-6-10(14)7-9/h4-7,11-12,17H,3,14H2,1-2H3,(H,15,16)/t11-,12-/m1/s1. The van der Waals surface area contributed by atoms with Crippen LogP contribution in [0.15, 0.2) is 24.3 Å². The fraction of sp³-hybridized carbons (Fsp3) is 0.385. The number of carbonyl (C=O) groups excluding carboxylic acids is 2. The van der Waals surface area contributed by atoms with Crippen LogP contribution >= 0.6 is 0 Å². The Labute approximate surface area is 111 Å². The number of esters is 1. The summed E-state index contributed by atoms with van der Waals surface area (Å²) in [6.45, 7) is 3.08. The van der Waals surface area contributed by atoms with Crippen LogP contribution in [0.1, 0.15) is 25.5 Å². The molecule has 0 aliphatic rings. The number of nitrogen functional groups attached to an aromatic ring is 1. The summed E-state index contributed by atoms with van der Waals surface area (Å²) in [5.74, 6) is -1.12. The van der Waals surface area contributed by atoms with E-state index in [0.717, 1.165) is 0 Å². The molecule has 6 heteroatoms. The van der Waals surface area contributed by atoms with Gasteiger partial charge in [0.2, 0.25) is 5.91 Å². The Morgan fingerprint density at radius 1 is 1.47 bits per heavy atom. The van der Waals surface area contributed by atoms with Gasteiger partial charge in [-0.3, -0.25) is 4.79 Å². The lowest BCUT2D eigenvalue weighted by molar-refractivity contribution is -0.150. The van der Waals surface area contributed by atoms with Gasteiger partial charge in [0.1, 0.15) is 6.10 Å². The Balaban J connectivity index is 2.96. The summed E-state index contributed by atoms with van der Waals surface area (Å²) < 4.78 is 4.83. The average Bonchev–Trinajstić information content (AvgIpc) is 2.35. The topological polar surface area (TPSA) is 102 Å². The molecule has 1 amide bonds. The van der Waals surface area contributed by atoms with Crippen LogP contribution in [0.4, 0.5) is 5.69 Å². The zero-order valence-electron chi connectivity index (χ0n) is 10.9. The van der Waals surface area contributed by atoms with Crippen LogP contribution in [0.5, 0.6) is 0 Å². The largest absolute Gasteiger partial charge is 0.464 e. The molecule has 0 aliphatic heterocycles. The molecular formula is C13H18N2O4. The van der Waals surface area contributed by atoms with E-state index in [1.807, 2.05) is 0 Å². The van der Waals surface area contributed by atoms with E-state index in [1.165, 1.54) is 6.92 Å². The Hall–Kier alpha value is -2.08. The molecule has 0 saturated heterocycles. The first-order valence-corrected chi connectivity index (χ1v) is 5.93. The molecule has 0 saturated carbocycles. The minimum atomic E-state index is -1.22. The van der Waals surface area contributed by atoms with Crippen molar-refractivity contribution in [3.63, 3.8) is 0 Å². The van der Waals surface area contributed by atoms with Crippen molar-refractivity contribution in [3.05, 3.63) is 29.8 Å². The minimum Gasteiger partial charge on any atom is -0.464 e. The second kappa shape index (κ2) is 6.75. The van der Waals surface area contributed by atoms with Crippen molar-refractivity contribution in [2.24, 2.45) is 0 Å². The van der Waals surface area contributed by atoms with Crippen molar-refractivity contribution < 1.29 is 19.4 Å². The van der Waals surface area contributed by atoms with Crippen molar-refractivity contribution in [1.29, 1.82) is 0 Å². The minimum absolute atomic E-state index is 0.165. The highest BCUT2D eigenvalue weighted by molar-refractivity contribution is 5.84. The van der Waals surface area contributed by atoms with Crippen molar-refractivity contribution in [2.45, 2.75) is 26.0 Å². The van der Waals surface area contributed by atoms with Gasteiger partial charge in [-0.2, -0.15) is 0 Å². The highest BCUT2D eigenvalue weighted by atomic mass is 16.5. The lowest BCUT2D eigenvalue weighted by Gasteiger charge is -2.22. The smallest absolute Gasteiger partial charge is 0.331 e. The van der Waals surface area contributed by atoms with Crippen LogP contribution in [-0.2, 0) is 14.3 Å². The first-order valence-electron chi connectivity index (χ1n) is 5.93. The van der Waals surface area contributed by atoms with Crippen molar-refractivity contribution in [2.75, 3.05) is 12.3 Å². The van der Waals surface area contributed by atoms with Crippen LogP contribution in [-0.4, -0.2) is 29.6 Å². The lowest BCUT2D eigenvalue weighted by atomic mass is 10.0. The summed E-state index contributed by atoms with van der Waals surface area (Å²) >= 11 is 0. The third-order valence-electron chi connectivity index (χ3n) is 2.47. The molecule has 104 valence electrons. The Morgan fingerprint density at radius 3 is 2.68 bits per heavy atom. The van der Waals surface area contributed by atoms with Gasteiger partial charge in [0.25, 0.3) is 0 Å². The molecule has 0 unspecified atom stereocenters. The number of benzene rings is 1. The molecular weight excluding hydrogens is 248 g/mol. The summed E-state index contributed by atoms with van der Waals surface area (Å²) in [5.41, 5.74) is 6.51. The number of hydrogen-bond donors (Lipinski definition) is 3. The van der Waals surface area contributed by atoms with Gasteiger partial charge < -0.3 is 20.9 Å². The van der Waals surface area contributed by atoms with Crippen LogP contribution in [0.2, 0.25) is 0 Å². The summed E-state index contributed by atoms with van der Waals surface area (Å²) in [6.07, 6.45) is -1.22. The highest BCUT2D eigenvalue weighted by Crippen LogP contribution is 2.20. The summed E-state index contributed by atoms with van der Waals surface area (Å²) in [6, 6.07) is 5.32. The van der Waals surface area contributed by atoms with E-state index in [4.69, 9.17) is 10.5 Å². The van der Waals surface area contributed by atoms with E-state index in [9.17, 15) is 14.7 Å². The number of hydrogen-bond acceptors (Lipinski definition) is 5. The highest BCUT2D eigenvalue weighted by Gasteiger charge is 2.30. The average molecular weight is 266 g/mol. The van der Waals surface area contributed by atoms with Gasteiger partial charge in [-0.1, -0.05) is 12.1 Å². The third kappa shape index (κ3) is 4.26. The number of carbonyl (C=O) groups is 2. The van der Waals surface area contributed by atoms with E-state index < -0.39 is 24.0 Å². The third-order valence-corrected chi connectivity index (χ3v) is 2.47. The molecule has 0 fully saturated rings. The van der Waals surface area contributed by atoms with Gasteiger partial charge in [-0.25, -0.2) is 4.79 Å². The Kier molecular flexibility index (Phi) is 5.32. The second-order valence-corrected chi connectivity index (χ2v) is 4.05. The Bertz CT molecular complexity index is 462. The Morgan fingerprint density at radius 2 is 2.16 bits per heavy atom. The maximum Gasteiger partial charge on any atom is 0.331 e. The van der Waals surface area contributed by atoms with Gasteiger partial charge in [0.05, 0.1) is 6.61 Å². The molecule has 0 aromatic heterocycles. The fourth-order valence-electron chi connectivity index (χ4n) is 1.65. The van der Waals surface area contributed by atoms with E-state index in [2.05, 4.69) is 5.32 Å². The number of anilines is 1. The molecule has 1 rings (SSSR count). The number of ether oxygens (including phenoxy) is 1. The number of aliphatic hydroxyl groups excluding tert-OH is 1. The molecule has 1 aromatic carbocycles. The maximum absolute atomic E-state index is 11.8. The molecule has 6 nitrogen and oxygen atoms in total. The number of aliphatic hydroxyl groups is 1. The SMILES string of the molecule is CCOC(=O)[C@H](NC(C)=O)[C@H](O)c1cccc(N)c1. The first kappa shape index (κ1) is 15.0. The van der Waals surface area contributed by atoms with Gasteiger partial charge in [-0.15, -0.1) is 0 Å². The summed E-state index contributed by atoms with van der Waals surface area (Å²) in [5, 5.41) is 12.6. The molecule has 1 aromatic rings. The molecule has 0 radical (unpaired) electrons. The summed E-state index contributed by atoms with van der Waals surface area (Å²) in [4.78, 5) is 22.9. The van der Waals surface area contributed by atoms with Gasteiger partial charge in [-0.05, 0) is 24.6 Å². The number of rotatable bonds is 5. The van der Waals surface area contributed by atoms with E-state index in [-0.39, 0.29) is 6.61 Å². The van der Waals surface area contributed by atoms with Gasteiger partial charge in [0.15, 0.2) is 6.04 Å². The van der Waals surface area contributed by atoms with Crippen molar-refractivity contribution >= 4 is 17.6 Å². The number of nitrogens with two attached hydrogens (primary N) is 1. The molecule has 19 heavy (non-hydrogen) atoms. The first-order chi connectivity index (χ1) is 8.95. The molecule has 0 heterocycles. The molecule has 4 N–H and O–H groups in total. The monoisotopic (exact) mass is 266 g/mol. The zero-order chi connectivity index (χ0) is 14.4. The predicted octanol–water partition coefficient (Wildman–Crippen LogP) is 0.370. The lowest BCUT2D eigenvalue weighted by Crippen LogP contribution is -2.45. The van der Waals surface area contributed by atoms with E-state index in [0.29, 0.717) is 11.3 Å². The van der Waals surface area contributed by atoms with Crippen LogP contribution in [0.25, 0.3) is 0 Å². The number of amides is 1. The van der Waals surface area contributed by atoms with Gasteiger partial charge >= 0.3 is 5.97 Å². The van der Waals surface area contributed by atoms with E-state index in [1.54, 1.807) is 31.2 Å². The van der Waals surface area contributed by atoms with Crippen LogP contribution in [0, 0.1) is 0 Å². The molecule has 0 spiro atoms. The molecule has 0 aliphatic carbocycles. The number of nitrogens with one attached hydrogen (secondary N) is 1. The predicted molar refractivity (Wildman–Crippen MR) is 70.1 cm³/mol. The zero-order valence-corrected chi connectivity index (χ0v) is 10.9. The molecule has 2 atom stereocenters. The van der Waals surface area contributed by atoms with Crippen molar-refractivity contribution in [1.82, 2.24) is 5.32 Å². The van der Waals surface area contributed by atoms with E-state index >= 15 is 0 Å². The normalized spacial score (nSPS) is 13.4. The van der Waals surface area contributed by atoms with Gasteiger partial charge in [0, 0.05) is 12.6 Å². The second-order valence-electron chi connectivity index (χ2n) is 4.05. The maximum atomic E-state index is 11.8. The van der Waals surface area contributed by atoms with Crippen LogP contribution < -0.4 is 11.1 Å². The van der Waals surface area contributed by atoms with Crippen LogP contribution in [0.3, 0.4) is 0 Å². The summed E-state index contributed by atoms with van der Waals surface area (Å²) in [7, 11) is 0. The van der Waals surface area contributed by atoms with Crippen molar-refractivity contribution in [3.8, 4) is 0 Å². The fourth-order valence-corrected chi connectivity index (χ4v) is 1.65.